The van der Waals surface area contributed by atoms with Gasteiger partial charge in [0.1, 0.15) is 0 Å². The summed E-state index contributed by atoms with van der Waals surface area (Å²) in [7, 11) is 0. The fourth-order valence-corrected chi connectivity index (χ4v) is 1.74. The van der Waals surface area contributed by atoms with Crippen molar-refractivity contribution in [3.05, 3.63) is 0 Å². The second-order valence-corrected chi connectivity index (χ2v) is 3.46. The molecular weight excluding hydrogens is 155 g/mol. The summed E-state index contributed by atoms with van der Waals surface area (Å²) in [5, 5.41) is 12.1. The minimum Gasteiger partial charge on any atom is -0.315 e. The van der Waals surface area contributed by atoms with Crippen molar-refractivity contribution in [1.82, 2.24) is 5.32 Å². The van der Waals surface area contributed by atoms with Gasteiger partial charge in [-0.05, 0) is 32.2 Å². The topological polar surface area (TPSA) is 35.8 Å². The summed E-state index contributed by atoms with van der Waals surface area (Å²) in [6.07, 6.45) is 3.19. The zero-order chi connectivity index (χ0) is 8.86. The maximum Gasteiger partial charge on any atom is 0.0895 e. The molecule has 0 aromatic carbocycles. The molecule has 0 radical (unpaired) electrons. The van der Waals surface area contributed by atoms with E-state index in [1.807, 2.05) is 0 Å². The van der Waals surface area contributed by atoms with Crippen LogP contribution in [0, 0.1) is 16.7 Å². The quantitative estimate of drug-likeness (QED) is 0.698. The van der Waals surface area contributed by atoms with Crippen LogP contribution in [-0.2, 0) is 0 Å². The van der Waals surface area contributed by atoms with Gasteiger partial charge in [0.05, 0.1) is 18.2 Å². The first-order valence-corrected chi connectivity index (χ1v) is 4.51. The van der Waals surface area contributed by atoms with Crippen LogP contribution in [0.4, 0.5) is 4.39 Å². The van der Waals surface area contributed by atoms with E-state index in [1.165, 1.54) is 0 Å². The zero-order valence-electron chi connectivity index (χ0n) is 7.27. The second-order valence-electron chi connectivity index (χ2n) is 3.46. The van der Waals surface area contributed by atoms with Gasteiger partial charge in [0.2, 0.25) is 0 Å². The number of alkyl halides is 1. The monoisotopic (exact) mass is 170 g/mol. The molecule has 0 spiro atoms. The standard InChI is InChI=1S/C9H15FN2/c10-5-1-3-9(7-11)4-2-6-12-8-9/h12H,1-6,8H2. The molecule has 1 fully saturated rings. The highest BCUT2D eigenvalue weighted by Gasteiger charge is 2.31. The Labute approximate surface area is 72.8 Å². The van der Waals surface area contributed by atoms with Crippen molar-refractivity contribution >= 4 is 0 Å². The largest absolute Gasteiger partial charge is 0.315 e. The first-order chi connectivity index (χ1) is 5.83. The van der Waals surface area contributed by atoms with Crippen molar-refractivity contribution in [2.45, 2.75) is 25.7 Å². The Hall–Kier alpha value is -0.620. The molecule has 1 rings (SSSR count). The first-order valence-electron chi connectivity index (χ1n) is 4.51. The van der Waals surface area contributed by atoms with Gasteiger partial charge in [0.25, 0.3) is 0 Å². The van der Waals surface area contributed by atoms with Gasteiger partial charge in [-0.3, -0.25) is 4.39 Å². The SMILES string of the molecule is N#CC1(CCCF)CCCNC1. The summed E-state index contributed by atoms with van der Waals surface area (Å²) >= 11 is 0. The third-order valence-electron chi connectivity index (χ3n) is 2.50. The Kier molecular flexibility index (Phi) is 3.48. The molecule has 3 heteroatoms. The van der Waals surface area contributed by atoms with E-state index in [0.29, 0.717) is 12.8 Å². The summed E-state index contributed by atoms with van der Waals surface area (Å²) in [4.78, 5) is 0. The molecule has 1 heterocycles. The molecule has 2 nitrogen and oxygen atoms in total. The summed E-state index contributed by atoms with van der Waals surface area (Å²) in [5.41, 5.74) is -0.273. The Bertz CT molecular complexity index is 168. The Morgan fingerprint density at radius 1 is 1.58 bits per heavy atom. The van der Waals surface area contributed by atoms with Crippen molar-refractivity contribution in [3.63, 3.8) is 0 Å². The van der Waals surface area contributed by atoms with Crippen LogP contribution in [0.2, 0.25) is 0 Å². The van der Waals surface area contributed by atoms with Gasteiger partial charge in [-0.2, -0.15) is 5.26 Å². The van der Waals surface area contributed by atoms with Crippen molar-refractivity contribution in [1.29, 1.82) is 5.26 Å². The maximum atomic E-state index is 11.9. The van der Waals surface area contributed by atoms with E-state index in [1.54, 1.807) is 0 Å². The maximum absolute atomic E-state index is 11.9. The summed E-state index contributed by atoms with van der Waals surface area (Å²) in [6, 6.07) is 2.32. The van der Waals surface area contributed by atoms with Crippen LogP contribution in [-0.4, -0.2) is 19.8 Å². The van der Waals surface area contributed by atoms with Crippen molar-refractivity contribution in [2.75, 3.05) is 19.8 Å². The Morgan fingerprint density at radius 2 is 2.42 bits per heavy atom. The predicted molar refractivity (Wildman–Crippen MR) is 45.4 cm³/mol. The molecule has 0 bridgehead atoms. The number of nitrogens with zero attached hydrogens (tertiary/aromatic N) is 1. The number of rotatable bonds is 3. The van der Waals surface area contributed by atoms with Crippen LogP contribution in [0.15, 0.2) is 0 Å². The van der Waals surface area contributed by atoms with Crippen molar-refractivity contribution in [3.8, 4) is 6.07 Å². The van der Waals surface area contributed by atoms with E-state index in [9.17, 15) is 4.39 Å². The second kappa shape index (κ2) is 4.42. The summed E-state index contributed by atoms with van der Waals surface area (Å²) in [6.45, 7) is 1.44. The first kappa shape index (κ1) is 9.47. The molecule has 1 N–H and O–H groups in total. The van der Waals surface area contributed by atoms with Gasteiger partial charge >= 0.3 is 0 Å². The predicted octanol–water partition coefficient (Wildman–Crippen LogP) is 1.63. The average Bonchev–Trinajstić information content (AvgIpc) is 2.16. The molecule has 0 aromatic rings. The zero-order valence-corrected chi connectivity index (χ0v) is 7.27. The number of nitriles is 1. The lowest BCUT2D eigenvalue weighted by Crippen LogP contribution is -2.39. The summed E-state index contributed by atoms with van der Waals surface area (Å²) in [5.74, 6) is 0. The highest BCUT2D eigenvalue weighted by molar-refractivity contribution is 5.02. The molecule has 1 aliphatic heterocycles. The number of nitrogens with one attached hydrogen (secondary N) is 1. The van der Waals surface area contributed by atoms with Gasteiger partial charge in [-0.1, -0.05) is 0 Å². The van der Waals surface area contributed by atoms with Gasteiger partial charge in [-0.15, -0.1) is 0 Å². The average molecular weight is 170 g/mol. The molecule has 0 amide bonds. The normalized spacial score (nSPS) is 29.7. The molecule has 0 aromatic heterocycles. The van der Waals surface area contributed by atoms with Gasteiger partial charge in [0, 0.05) is 6.54 Å². The van der Waals surface area contributed by atoms with Crippen LogP contribution in [0.3, 0.4) is 0 Å². The molecule has 1 aliphatic rings. The highest BCUT2D eigenvalue weighted by Crippen LogP contribution is 2.30. The Balaban J connectivity index is 2.44. The van der Waals surface area contributed by atoms with Gasteiger partial charge in [-0.25, -0.2) is 0 Å². The van der Waals surface area contributed by atoms with Gasteiger partial charge in [0.15, 0.2) is 0 Å². The molecule has 12 heavy (non-hydrogen) atoms. The van der Waals surface area contributed by atoms with Crippen LogP contribution in [0.5, 0.6) is 0 Å². The number of halogens is 1. The van der Waals surface area contributed by atoms with Crippen LogP contribution in [0.1, 0.15) is 25.7 Å². The van der Waals surface area contributed by atoms with E-state index >= 15 is 0 Å². The Morgan fingerprint density at radius 3 is 2.92 bits per heavy atom. The van der Waals surface area contributed by atoms with E-state index in [-0.39, 0.29) is 12.1 Å². The van der Waals surface area contributed by atoms with Crippen LogP contribution in [0.25, 0.3) is 0 Å². The fraction of sp³-hybridized carbons (Fsp3) is 0.889. The molecule has 1 saturated heterocycles. The molecular formula is C9H15FN2. The van der Waals surface area contributed by atoms with Gasteiger partial charge < -0.3 is 5.32 Å². The van der Waals surface area contributed by atoms with E-state index < -0.39 is 0 Å². The smallest absolute Gasteiger partial charge is 0.0895 e. The van der Waals surface area contributed by atoms with Crippen LogP contribution < -0.4 is 5.32 Å². The highest BCUT2D eigenvalue weighted by atomic mass is 19.1. The third-order valence-corrected chi connectivity index (χ3v) is 2.50. The lowest BCUT2D eigenvalue weighted by Gasteiger charge is -2.30. The lowest BCUT2D eigenvalue weighted by molar-refractivity contribution is 0.253. The molecule has 68 valence electrons. The van der Waals surface area contributed by atoms with Crippen molar-refractivity contribution < 1.29 is 4.39 Å². The number of piperidine rings is 1. The van der Waals surface area contributed by atoms with E-state index in [0.717, 1.165) is 25.9 Å². The third kappa shape index (κ3) is 2.18. The molecule has 1 unspecified atom stereocenters. The van der Waals surface area contributed by atoms with Crippen molar-refractivity contribution in [2.24, 2.45) is 5.41 Å². The van der Waals surface area contributed by atoms with E-state index in [2.05, 4.69) is 11.4 Å². The number of hydrogen-bond donors (Lipinski definition) is 1. The van der Waals surface area contributed by atoms with Crippen LogP contribution >= 0.6 is 0 Å². The minimum absolute atomic E-state index is 0.273. The lowest BCUT2D eigenvalue weighted by atomic mass is 9.78. The molecule has 1 atom stereocenters. The van der Waals surface area contributed by atoms with E-state index in [4.69, 9.17) is 5.26 Å². The molecule has 0 saturated carbocycles. The molecule has 0 aliphatic carbocycles. The minimum atomic E-state index is -0.302. The fourth-order valence-electron chi connectivity index (χ4n) is 1.74. The summed E-state index contributed by atoms with van der Waals surface area (Å²) < 4.78 is 11.9. The number of hydrogen-bond acceptors (Lipinski definition) is 2.